The number of fused-ring (bicyclic) bond motifs is 1. The normalized spacial score (nSPS) is 24.0. The molecule has 5 nitrogen and oxygen atoms in total. The van der Waals surface area contributed by atoms with Gasteiger partial charge in [0.1, 0.15) is 11.9 Å². The van der Waals surface area contributed by atoms with E-state index >= 15 is 0 Å². The van der Waals surface area contributed by atoms with Gasteiger partial charge in [-0.3, -0.25) is 9.69 Å². The lowest BCUT2D eigenvalue weighted by molar-refractivity contribution is 0.0200. The van der Waals surface area contributed by atoms with Gasteiger partial charge in [-0.15, -0.1) is 0 Å². The fourth-order valence-electron chi connectivity index (χ4n) is 2.45. The predicted molar refractivity (Wildman–Crippen MR) is 70.5 cm³/mol. The molecule has 19 heavy (non-hydrogen) atoms. The summed E-state index contributed by atoms with van der Waals surface area (Å²) in [6.07, 6.45) is -0.00861. The van der Waals surface area contributed by atoms with E-state index in [-0.39, 0.29) is 12.0 Å². The molecule has 5 heteroatoms. The molecule has 2 aliphatic heterocycles. The number of para-hydroxylation sites is 1. The SMILES string of the molecule is O=C1NCC(CN2CCOCC2)Oc2ccccc21. The van der Waals surface area contributed by atoms with Gasteiger partial charge in [-0.1, -0.05) is 12.1 Å². The van der Waals surface area contributed by atoms with Gasteiger partial charge in [0, 0.05) is 19.6 Å². The third-order valence-corrected chi connectivity index (χ3v) is 3.48. The minimum Gasteiger partial charge on any atom is -0.486 e. The highest BCUT2D eigenvalue weighted by atomic mass is 16.5. The monoisotopic (exact) mass is 262 g/mol. The van der Waals surface area contributed by atoms with E-state index in [9.17, 15) is 4.79 Å². The van der Waals surface area contributed by atoms with Crippen LogP contribution in [0.1, 0.15) is 10.4 Å². The summed E-state index contributed by atoms with van der Waals surface area (Å²) in [5, 5.41) is 2.92. The van der Waals surface area contributed by atoms with Crippen LogP contribution >= 0.6 is 0 Å². The van der Waals surface area contributed by atoms with Crippen molar-refractivity contribution in [3.63, 3.8) is 0 Å². The number of rotatable bonds is 2. The predicted octanol–water partition coefficient (Wildman–Crippen LogP) is 0.510. The van der Waals surface area contributed by atoms with E-state index in [0.717, 1.165) is 32.8 Å². The van der Waals surface area contributed by atoms with Crippen LogP contribution in [0.5, 0.6) is 5.75 Å². The van der Waals surface area contributed by atoms with Gasteiger partial charge < -0.3 is 14.8 Å². The van der Waals surface area contributed by atoms with Gasteiger partial charge in [0.2, 0.25) is 0 Å². The molecule has 3 rings (SSSR count). The largest absolute Gasteiger partial charge is 0.486 e. The molecule has 0 radical (unpaired) electrons. The van der Waals surface area contributed by atoms with Crippen LogP contribution < -0.4 is 10.1 Å². The molecule has 0 spiro atoms. The zero-order valence-corrected chi connectivity index (χ0v) is 10.8. The van der Waals surface area contributed by atoms with Gasteiger partial charge in [0.25, 0.3) is 5.91 Å². The molecule has 0 bridgehead atoms. The second-order valence-electron chi connectivity index (χ2n) is 4.86. The molecule has 1 atom stereocenters. The van der Waals surface area contributed by atoms with Crippen LogP contribution in [0.3, 0.4) is 0 Å². The first kappa shape index (κ1) is 12.4. The van der Waals surface area contributed by atoms with Crippen molar-refractivity contribution in [1.82, 2.24) is 10.2 Å². The number of benzene rings is 1. The average Bonchev–Trinajstić information content (AvgIpc) is 2.60. The number of hydrogen-bond donors (Lipinski definition) is 1. The van der Waals surface area contributed by atoms with E-state index in [1.165, 1.54) is 0 Å². The summed E-state index contributed by atoms with van der Waals surface area (Å²) in [7, 11) is 0. The number of nitrogens with zero attached hydrogens (tertiary/aromatic N) is 1. The minimum absolute atomic E-state index is 0.00861. The molecule has 1 aromatic carbocycles. The van der Waals surface area contributed by atoms with Crippen molar-refractivity contribution in [3.05, 3.63) is 29.8 Å². The third kappa shape index (κ3) is 2.88. The quantitative estimate of drug-likeness (QED) is 0.843. The van der Waals surface area contributed by atoms with Crippen LogP contribution in [0.4, 0.5) is 0 Å². The number of carbonyl (C=O) groups excluding carboxylic acids is 1. The Morgan fingerprint density at radius 3 is 2.89 bits per heavy atom. The van der Waals surface area contributed by atoms with Crippen molar-refractivity contribution in [1.29, 1.82) is 0 Å². The molecule has 1 fully saturated rings. The van der Waals surface area contributed by atoms with Crippen molar-refractivity contribution in [2.45, 2.75) is 6.10 Å². The average molecular weight is 262 g/mol. The Morgan fingerprint density at radius 1 is 1.26 bits per heavy atom. The van der Waals surface area contributed by atoms with Gasteiger partial charge in [-0.05, 0) is 12.1 Å². The van der Waals surface area contributed by atoms with Gasteiger partial charge >= 0.3 is 0 Å². The number of ether oxygens (including phenoxy) is 2. The smallest absolute Gasteiger partial charge is 0.255 e. The number of nitrogens with one attached hydrogen (secondary N) is 1. The van der Waals surface area contributed by atoms with Crippen LogP contribution in [0.15, 0.2) is 24.3 Å². The number of carbonyl (C=O) groups is 1. The van der Waals surface area contributed by atoms with Crippen LogP contribution in [0.25, 0.3) is 0 Å². The van der Waals surface area contributed by atoms with Gasteiger partial charge in [0.15, 0.2) is 0 Å². The van der Waals surface area contributed by atoms with E-state index < -0.39 is 0 Å². The molecule has 1 aromatic rings. The first-order chi connectivity index (χ1) is 9.33. The molecule has 1 N–H and O–H groups in total. The second kappa shape index (κ2) is 5.59. The fraction of sp³-hybridized carbons (Fsp3) is 0.500. The van der Waals surface area contributed by atoms with Crippen LogP contribution in [0.2, 0.25) is 0 Å². The van der Waals surface area contributed by atoms with Crippen molar-refractivity contribution < 1.29 is 14.3 Å². The van der Waals surface area contributed by atoms with E-state index in [2.05, 4.69) is 10.2 Å². The molecule has 0 aliphatic carbocycles. The highest BCUT2D eigenvalue weighted by Crippen LogP contribution is 2.21. The Balaban J connectivity index is 1.70. The third-order valence-electron chi connectivity index (χ3n) is 3.48. The van der Waals surface area contributed by atoms with Crippen LogP contribution in [-0.4, -0.2) is 56.3 Å². The Hall–Kier alpha value is -1.59. The summed E-state index contributed by atoms with van der Waals surface area (Å²) in [4.78, 5) is 14.2. The first-order valence-corrected chi connectivity index (χ1v) is 6.67. The van der Waals surface area contributed by atoms with Crippen molar-refractivity contribution in [2.75, 3.05) is 39.4 Å². The van der Waals surface area contributed by atoms with E-state index in [1.807, 2.05) is 18.2 Å². The lowest BCUT2D eigenvalue weighted by Crippen LogP contribution is -2.45. The first-order valence-electron chi connectivity index (χ1n) is 6.67. The number of amides is 1. The highest BCUT2D eigenvalue weighted by molar-refractivity contribution is 5.97. The molecule has 1 saturated heterocycles. The molecule has 2 aliphatic rings. The lowest BCUT2D eigenvalue weighted by atomic mass is 10.2. The molecular formula is C14H18N2O3. The summed E-state index contributed by atoms with van der Waals surface area (Å²) in [5.41, 5.74) is 0.618. The Morgan fingerprint density at radius 2 is 2.05 bits per heavy atom. The number of hydrogen-bond acceptors (Lipinski definition) is 4. The second-order valence-corrected chi connectivity index (χ2v) is 4.86. The standard InChI is InChI=1S/C14H18N2O3/c17-14-12-3-1-2-4-13(12)19-11(9-15-14)10-16-5-7-18-8-6-16/h1-4,11H,5-10H2,(H,15,17). The van der Waals surface area contributed by atoms with Crippen molar-refractivity contribution in [3.8, 4) is 5.75 Å². The van der Waals surface area contributed by atoms with E-state index in [1.54, 1.807) is 6.07 Å². The molecule has 1 amide bonds. The summed E-state index contributed by atoms with van der Waals surface area (Å²) in [6.45, 7) is 4.76. The van der Waals surface area contributed by atoms with Gasteiger partial charge in [-0.2, -0.15) is 0 Å². The minimum atomic E-state index is -0.0555. The molecule has 0 aromatic heterocycles. The maximum Gasteiger partial charge on any atom is 0.255 e. The van der Waals surface area contributed by atoms with Crippen LogP contribution in [-0.2, 0) is 4.74 Å². The van der Waals surface area contributed by atoms with Crippen molar-refractivity contribution in [2.24, 2.45) is 0 Å². The molecule has 0 saturated carbocycles. The summed E-state index contributed by atoms with van der Waals surface area (Å²) in [5.74, 6) is 0.621. The Kier molecular flexibility index (Phi) is 3.66. The van der Waals surface area contributed by atoms with Gasteiger partial charge in [0.05, 0.1) is 25.3 Å². The zero-order valence-electron chi connectivity index (χ0n) is 10.8. The van der Waals surface area contributed by atoms with Gasteiger partial charge in [-0.25, -0.2) is 0 Å². The molecular weight excluding hydrogens is 244 g/mol. The molecule has 102 valence electrons. The fourth-order valence-corrected chi connectivity index (χ4v) is 2.45. The van der Waals surface area contributed by atoms with Crippen molar-refractivity contribution >= 4 is 5.91 Å². The summed E-state index contributed by atoms with van der Waals surface area (Å²) < 4.78 is 11.3. The maximum absolute atomic E-state index is 11.9. The van der Waals surface area contributed by atoms with E-state index in [0.29, 0.717) is 17.9 Å². The molecule has 2 heterocycles. The maximum atomic E-state index is 11.9. The highest BCUT2D eigenvalue weighted by Gasteiger charge is 2.24. The summed E-state index contributed by atoms with van der Waals surface area (Å²) in [6, 6.07) is 7.39. The van der Waals surface area contributed by atoms with E-state index in [4.69, 9.17) is 9.47 Å². The lowest BCUT2D eigenvalue weighted by Gasteiger charge is -2.30. The summed E-state index contributed by atoms with van der Waals surface area (Å²) >= 11 is 0. The Bertz CT molecular complexity index is 458. The topological polar surface area (TPSA) is 50.8 Å². The Labute approximate surface area is 112 Å². The number of morpholine rings is 1. The molecule has 1 unspecified atom stereocenters. The zero-order chi connectivity index (χ0) is 13.1. The van der Waals surface area contributed by atoms with Crippen LogP contribution in [0, 0.1) is 0 Å².